The summed E-state index contributed by atoms with van der Waals surface area (Å²) in [4.78, 5) is 8.74. The van der Waals surface area contributed by atoms with Crippen LogP contribution in [-0.2, 0) is 13.0 Å². The molecule has 1 N–H and O–H groups in total. The van der Waals surface area contributed by atoms with Crippen LogP contribution in [0, 0.1) is 5.92 Å². The fraction of sp³-hybridized carbons (Fsp3) is 0.824. The molecule has 0 spiro atoms. The van der Waals surface area contributed by atoms with Gasteiger partial charge in [-0.15, -0.1) is 11.3 Å². The maximum absolute atomic E-state index is 4.93. The van der Waals surface area contributed by atoms with Crippen molar-refractivity contribution < 1.29 is 0 Å². The number of anilines is 1. The van der Waals surface area contributed by atoms with Crippen molar-refractivity contribution in [2.45, 2.75) is 78.4 Å². The van der Waals surface area contributed by atoms with E-state index in [0.717, 1.165) is 24.9 Å². The van der Waals surface area contributed by atoms with Crippen LogP contribution in [0.25, 0.3) is 0 Å². The van der Waals surface area contributed by atoms with Gasteiger partial charge in [-0.05, 0) is 38.5 Å². The quantitative estimate of drug-likeness (QED) is 0.740. The Labute approximate surface area is 134 Å². The van der Waals surface area contributed by atoms with E-state index < -0.39 is 0 Å². The van der Waals surface area contributed by atoms with Crippen molar-refractivity contribution in [1.82, 2.24) is 10.3 Å². The van der Waals surface area contributed by atoms with E-state index in [1.807, 2.05) is 11.3 Å². The first-order valence-corrected chi connectivity index (χ1v) is 9.27. The molecule has 1 heterocycles. The van der Waals surface area contributed by atoms with Crippen LogP contribution in [0.15, 0.2) is 0 Å². The smallest absolute Gasteiger partial charge is 0.185 e. The molecule has 0 saturated heterocycles. The van der Waals surface area contributed by atoms with Gasteiger partial charge < -0.3 is 10.2 Å². The summed E-state index contributed by atoms with van der Waals surface area (Å²) in [6, 6.07) is 1.32. The van der Waals surface area contributed by atoms with E-state index in [2.05, 4.69) is 45.0 Å². The third kappa shape index (κ3) is 4.96. The number of hydrogen-bond donors (Lipinski definition) is 1. The predicted molar refractivity (Wildman–Crippen MR) is 93.3 cm³/mol. The van der Waals surface area contributed by atoms with Crippen molar-refractivity contribution in [2.24, 2.45) is 5.92 Å². The molecule has 120 valence electrons. The molecular formula is C17H31N3S. The van der Waals surface area contributed by atoms with Gasteiger partial charge in [0.2, 0.25) is 0 Å². The van der Waals surface area contributed by atoms with Gasteiger partial charge in [0.05, 0.1) is 5.69 Å². The fourth-order valence-electron chi connectivity index (χ4n) is 2.64. The van der Waals surface area contributed by atoms with E-state index in [-0.39, 0.29) is 0 Å². The number of rotatable bonds is 9. The third-order valence-electron chi connectivity index (χ3n) is 4.16. The SMILES string of the molecule is CCCc1nc(N(C)C(C)CC(C)C)sc1CNC1CC1. The summed E-state index contributed by atoms with van der Waals surface area (Å²) in [6.07, 6.45) is 6.19. The number of hydrogen-bond acceptors (Lipinski definition) is 4. The third-order valence-corrected chi connectivity index (χ3v) is 5.35. The molecule has 2 rings (SSSR count). The molecule has 1 unspecified atom stereocenters. The summed E-state index contributed by atoms with van der Waals surface area (Å²) < 4.78 is 0. The Morgan fingerprint density at radius 1 is 1.33 bits per heavy atom. The van der Waals surface area contributed by atoms with E-state index in [4.69, 9.17) is 4.98 Å². The van der Waals surface area contributed by atoms with E-state index in [1.54, 1.807) is 0 Å². The first kappa shape index (κ1) is 16.8. The molecule has 21 heavy (non-hydrogen) atoms. The standard InChI is InChI=1S/C17H31N3S/c1-6-7-15-16(11-18-14-8-9-14)21-17(19-15)20(5)13(4)10-12(2)3/h12-14,18H,6-11H2,1-5H3. The number of thiazole rings is 1. The van der Waals surface area contributed by atoms with Crippen LogP contribution in [0.2, 0.25) is 0 Å². The van der Waals surface area contributed by atoms with Crippen LogP contribution < -0.4 is 10.2 Å². The lowest BCUT2D eigenvalue weighted by Crippen LogP contribution is -2.29. The lowest BCUT2D eigenvalue weighted by Gasteiger charge is -2.25. The van der Waals surface area contributed by atoms with Gasteiger partial charge in [0, 0.05) is 30.6 Å². The maximum atomic E-state index is 4.93. The second-order valence-corrected chi connectivity index (χ2v) is 7.92. The molecule has 0 aliphatic heterocycles. The first-order valence-electron chi connectivity index (χ1n) is 8.46. The molecule has 1 aromatic rings. The molecule has 1 atom stereocenters. The fourth-order valence-corrected chi connectivity index (χ4v) is 3.77. The highest BCUT2D eigenvalue weighted by Crippen LogP contribution is 2.30. The summed E-state index contributed by atoms with van der Waals surface area (Å²) in [7, 11) is 2.19. The molecule has 1 saturated carbocycles. The van der Waals surface area contributed by atoms with Crippen molar-refractivity contribution in [3.05, 3.63) is 10.6 Å². The Hall–Kier alpha value is -0.610. The van der Waals surface area contributed by atoms with Crippen molar-refractivity contribution in [3.8, 4) is 0 Å². The monoisotopic (exact) mass is 309 g/mol. The minimum atomic E-state index is 0.551. The summed E-state index contributed by atoms with van der Waals surface area (Å²) in [5.74, 6) is 0.730. The van der Waals surface area contributed by atoms with E-state index in [0.29, 0.717) is 6.04 Å². The Kier molecular flexibility index (Phi) is 6.06. The van der Waals surface area contributed by atoms with Crippen LogP contribution in [-0.4, -0.2) is 24.1 Å². The zero-order valence-corrected chi connectivity index (χ0v) is 15.1. The molecular weight excluding hydrogens is 278 g/mol. The molecule has 0 aromatic carbocycles. The van der Waals surface area contributed by atoms with Gasteiger partial charge in [0.15, 0.2) is 5.13 Å². The molecule has 0 amide bonds. The Morgan fingerprint density at radius 3 is 2.62 bits per heavy atom. The van der Waals surface area contributed by atoms with E-state index in [9.17, 15) is 0 Å². The Balaban J connectivity index is 2.05. The van der Waals surface area contributed by atoms with Gasteiger partial charge in [0.1, 0.15) is 0 Å². The molecule has 1 aliphatic rings. The lowest BCUT2D eigenvalue weighted by atomic mass is 10.0. The van der Waals surface area contributed by atoms with Crippen molar-refractivity contribution in [3.63, 3.8) is 0 Å². The highest BCUT2D eigenvalue weighted by atomic mass is 32.1. The predicted octanol–water partition coefficient (Wildman–Crippen LogP) is 4.22. The minimum Gasteiger partial charge on any atom is -0.348 e. The van der Waals surface area contributed by atoms with E-state index >= 15 is 0 Å². The molecule has 1 aromatic heterocycles. The van der Waals surface area contributed by atoms with Crippen LogP contribution in [0.4, 0.5) is 5.13 Å². The van der Waals surface area contributed by atoms with Gasteiger partial charge in [-0.3, -0.25) is 0 Å². The van der Waals surface area contributed by atoms with Crippen LogP contribution in [0.5, 0.6) is 0 Å². The van der Waals surface area contributed by atoms with Gasteiger partial charge in [-0.2, -0.15) is 0 Å². The van der Waals surface area contributed by atoms with Gasteiger partial charge in [-0.25, -0.2) is 4.98 Å². The summed E-state index contributed by atoms with van der Waals surface area (Å²) in [5, 5.41) is 4.83. The normalized spacial score (nSPS) is 16.5. The first-order chi connectivity index (χ1) is 10.0. The Bertz CT molecular complexity index is 437. The average Bonchev–Trinajstić information content (AvgIpc) is 3.17. The van der Waals surface area contributed by atoms with Gasteiger partial charge in [-0.1, -0.05) is 27.2 Å². The van der Waals surface area contributed by atoms with Crippen molar-refractivity contribution >= 4 is 16.5 Å². The van der Waals surface area contributed by atoms with Crippen LogP contribution in [0.3, 0.4) is 0 Å². The van der Waals surface area contributed by atoms with Crippen LogP contribution in [0.1, 0.15) is 63.9 Å². The lowest BCUT2D eigenvalue weighted by molar-refractivity contribution is 0.503. The number of aromatic nitrogens is 1. The topological polar surface area (TPSA) is 28.2 Å². The number of nitrogens with one attached hydrogen (secondary N) is 1. The number of aryl methyl sites for hydroxylation is 1. The van der Waals surface area contributed by atoms with Gasteiger partial charge >= 0.3 is 0 Å². The highest BCUT2D eigenvalue weighted by molar-refractivity contribution is 7.15. The zero-order valence-electron chi connectivity index (χ0n) is 14.3. The maximum Gasteiger partial charge on any atom is 0.185 e. The van der Waals surface area contributed by atoms with E-state index in [1.165, 1.54) is 41.4 Å². The van der Waals surface area contributed by atoms with Crippen molar-refractivity contribution in [2.75, 3.05) is 11.9 Å². The second kappa shape index (κ2) is 7.59. The minimum absolute atomic E-state index is 0.551. The van der Waals surface area contributed by atoms with Gasteiger partial charge in [0.25, 0.3) is 0 Å². The molecule has 1 aliphatic carbocycles. The zero-order chi connectivity index (χ0) is 15.4. The molecule has 3 nitrogen and oxygen atoms in total. The Morgan fingerprint density at radius 2 is 2.05 bits per heavy atom. The second-order valence-electron chi connectivity index (χ2n) is 6.86. The average molecular weight is 310 g/mol. The highest BCUT2D eigenvalue weighted by Gasteiger charge is 2.22. The van der Waals surface area contributed by atoms with Crippen LogP contribution >= 0.6 is 11.3 Å². The molecule has 0 radical (unpaired) electrons. The summed E-state index contributed by atoms with van der Waals surface area (Å²) >= 11 is 1.89. The molecule has 4 heteroatoms. The summed E-state index contributed by atoms with van der Waals surface area (Å²) in [6.45, 7) is 10.1. The summed E-state index contributed by atoms with van der Waals surface area (Å²) in [5.41, 5.74) is 1.31. The van der Waals surface area contributed by atoms with Crippen molar-refractivity contribution in [1.29, 1.82) is 0 Å². The molecule has 1 fully saturated rings. The number of nitrogens with zero attached hydrogens (tertiary/aromatic N) is 2. The molecule has 0 bridgehead atoms. The largest absolute Gasteiger partial charge is 0.348 e.